The minimum Gasteiger partial charge on any atom is -0.466 e. The second kappa shape index (κ2) is 56.4. The molecule has 0 aromatic heterocycles. The van der Waals surface area contributed by atoms with Crippen molar-refractivity contribution < 1.29 is 24.5 Å². The van der Waals surface area contributed by atoms with E-state index in [1.807, 2.05) is 0 Å². The molecular weight excluding hydrogens is 815 g/mol. The quantitative estimate of drug-likeness (QED) is 0.0417. The van der Waals surface area contributed by atoms with Crippen molar-refractivity contribution >= 4 is 11.9 Å². The molecular formula is C60H119NO5. The van der Waals surface area contributed by atoms with Crippen LogP contribution in [0.5, 0.6) is 0 Å². The largest absolute Gasteiger partial charge is 0.466 e. The molecule has 0 aliphatic rings. The number of rotatable bonds is 57. The summed E-state index contributed by atoms with van der Waals surface area (Å²) in [4.78, 5) is 24.5. The average molecular weight is 935 g/mol. The van der Waals surface area contributed by atoms with Crippen LogP contribution in [-0.2, 0) is 14.3 Å². The molecule has 0 rings (SSSR count). The third kappa shape index (κ3) is 52.2. The van der Waals surface area contributed by atoms with Crippen LogP contribution in [0.25, 0.3) is 0 Å². The number of ether oxygens (including phenoxy) is 1. The van der Waals surface area contributed by atoms with Gasteiger partial charge in [0.15, 0.2) is 0 Å². The fourth-order valence-corrected chi connectivity index (χ4v) is 9.76. The average Bonchev–Trinajstić information content (AvgIpc) is 3.32. The van der Waals surface area contributed by atoms with Gasteiger partial charge in [0.1, 0.15) is 0 Å². The van der Waals surface area contributed by atoms with Crippen LogP contribution in [-0.4, -0.2) is 47.4 Å². The highest BCUT2D eigenvalue weighted by Gasteiger charge is 2.20. The van der Waals surface area contributed by atoms with Crippen LogP contribution in [0.1, 0.15) is 348 Å². The molecule has 0 spiro atoms. The minimum atomic E-state index is -0.659. The lowest BCUT2D eigenvalue weighted by Crippen LogP contribution is -2.45. The summed E-state index contributed by atoms with van der Waals surface area (Å²) in [6.07, 6.45) is 65.5. The van der Waals surface area contributed by atoms with Crippen LogP contribution in [0.4, 0.5) is 0 Å². The Morgan fingerprint density at radius 1 is 0.364 bits per heavy atom. The van der Waals surface area contributed by atoms with E-state index in [2.05, 4.69) is 19.2 Å². The Morgan fingerprint density at radius 2 is 0.621 bits per heavy atom. The smallest absolute Gasteiger partial charge is 0.305 e. The normalized spacial score (nSPS) is 12.5. The maximum atomic E-state index is 12.4. The van der Waals surface area contributed by atoms with Gasteiger partial charge in [-0.15, -0.1) is 0 Å². The summed E-state index contributed by atoms with van der Waals surface area (Å²) < 4.78 is 5.49. The van der Waals surface area contributed by atoms with Gasteiger partial charge in [0.05, 0.1) is 25.4 Å². The lowest BCUT2D eigenvalue weighted by Gasteiger charge is -2.22. The number of aliphatic hydroxyl groups excluding tert-OH is 2. The standard InChI is InChI=1S/C60H119NO5/c1-3-5-7-9-11-13-14-15-31-34-38-42-46-50-54-60(65)66-55-51-47-43-39-35-32-29-27-25-23-21-19-17-16-18-20-22-24-26-28-30-33-37-41-45-49-53-59(64)61-57(56-62)58(63)52-48-44-40-36-12-10-8-6-4-2/h57-58,62-63H,3-56H2,1-2H3,(H,61,64). The summed E-state index contributed by atoms with van der Waals surface area (Å²) in [5.41, 5.74) is 0. The molecule has 1 amide bonds. The van der Waals surface area contributed by atoms with Gasteiger partial charge in [0, 0.05) is 12.8 Å². The molecule has 0 bridgehead atoms. The first-order chi connectivity index (χ1) is 32.5. The maximum absolute atomic E-state index is 12.4. The van der Waals surface area contributed by atoms with Gasteiger partial charge in [0.2, 0.25) is 5.91 Å². The lowest BCUT2D eigenvalue weighted by molar-refractivity contribution is -0.143. The molecule has 6 nitrogen and oxygen atoms in total. The number of hydrogen-bond donors (Lipinski definition) is 3. The molecule has 0 saturated carbocycles. The van der Waals surface area contributed by atoms with E-state index in [0.717, 1.165) is 38.5 Å². The zero-order valence-electron chi connectivity index (χ0n) is 45.0. The topological polar surface area (TPSA) is 95.9 Å². The van der Waals surface area contributed by atoms with Crippen molar-refractivity contribution in [2.75, 3.05) is 13.2 Å². The summed E-state index contributed by atoms with van der Waals surface area (Å²) in [6.45, 7) is 4.96. The highest BCUT2D eigenvalue weighted by Crippen LogP contribution is 2.18. The van der Waals surface area contributed by atoms with E-state index in [4.69, 9.17) is 4.74 Å². The van der Waals surface area contributed by atoms with E-state index >= 15 is 0 Å². The van der Waals surface area contributed by atoms with Crippen molar-refractivity contribution in [3.8, 4) is 0 Å². The summed E-state index contributed by atoms with van der Waals surface area (Å²) in [5.74, 6) is -0.0132. The molecule has 6 heteroatoms. The van der Waals surface area contributed by atoms with Gasteiger partial charge >= 0.3 is 5.97 Å². The first kappa shape index (κ1) is 64.9. The van der Waals surface area contributed by atoms with Crippen LogP contribution in [0.15, 0.2) is 0 Å². The van der Waals surface area contributed by atoms with Gasteiger partial charge in [-0.05, 0) is 25.7 Å². The number of hydrogen-bond acceptors (Lipinski definition) is 5. The molecule has 66 heavy (non-hydrogen) atoms. The first-order valence-electron chi connectivity index (χ1n) is 30.3. The van der Waals surface area contributed by atoms with Crippen molar-refractivity contribution in [1.82, 2.24) is 5.32 Å². The van der Waals surface area contributed by atoms with Crippen molar-refractivity contribution in [2.24, 2.45) is 0 Å². The van der Waals surface area contributed by atoms with E-state index in [0.29, 0.717) is 25.9 Å². The number of carbonyl (C=O) groups excluding carboxylic acids is 2. The molecule has 0 heterocycles. The van der Waals surface area contributed by atoms with E-state index < -0.39 is 12.1 Å². The number of unbranched alkanes of at least 4 members (excludes halogenated alkanes) is 46. The van der Waals surface area contributed by atoms with E-state index in [1.165, 1.54) is 276 Å². The molecule has 0 fully saturated rings. The van der Waals surface area contributed by atoms with Crippen molar-refractivity contribution in [3.63, 3.8) is 0 Å². The number of carbonyl (C=O) groups is 2. The number of amides is 1. The monoisotopic (exact) mass is 934 g/mol. The zero-order valence-corrected chi connectivity index (χ0v) is 45.0. The van der Waals surface area contributed by atoms with Crippen LogP contribution >= 0.6 is 0 Å². The Morgan fingerprint density at radius 3 is 0.924 bits per heavy atom. The molecule has 0 radical (unpaired) electrons. The third-order valence-electron chi connectivity index (χ3n) is 14.4. The van der Waals surface area contributed by atoms with Gasteiger partial charge in [-0.2, -0.15) is 0 Å². The fraction of sp³-hybridized carbons (Fsp3) is 0.967. The van der Waals surface area contributed by atoms with Gasteiger partial charge < -0.3 is 20.3 Å². The number of esters is 1. The first-order valence-corrected chi connectivity index (χ1v) is 30.3. The lowest BCUT2D eigenvalue weighted by atomic mass is 10.0. The van der Waals surface area contributed by atoms with E-state index in [1.54, 1.807) is 0 Å². The van der Waals surface area contributed by atoms with Crippen molar-refractivity contribution in [2.45, 2.75) is 360 Å². The highest BCUT2D eigenvalue weighted by molar-refractivity contribution is 5.76. The molecule has 2 atom stereocenters. The Labute approximate surface area is 413 Å². The summed E-state index contributed by atoms with van der Waals surface area (Å²) >= 11 is 0. The predicted octanol–water partition coefficient (Wildman–Crippen LogP) is 18.7. The van der Waals surface area contributed by atoms with Crippen molar-refractivity contribution in [1.29, 1.82) is 0 Å². The Kier molecular flexibility index (Phi) is 55.5. The Balaban J connectivity index is 3.30. The van der Waals surface area contributed by atoms with Gasteiger partial charge in [0.25, 0.3) is 0 Å². The number of nitrogens with one attached hydrogen (secondary N) is 1. The molecule has 0 saturated heterocycles. The van der Waals surface area contributed by atoms with Crippen molar-refractivity contribution in [3.05, 3.63) is 0 Å². The minimum absolute atomic E-state index is 0.0202. The second-order valence-corrected chi connectivity index (χ2v) is 21.1. The van der Waals surface area contributed by atoms with Crippen LogP contribution in [0.2, 0.25) is 0 Å². The summed E-state index contributed by atoms with van der Waals surface area (Å²) in [7, 11) is 0. The van der Waals surface area contributed by atoms with Crippen LogP contribution in [0, 0.1) is 0 Å². The molecule has 2 unspecified atom stereocenters. The van der Waals surface area contributed by atoms with Crippen LogP contribution in [0.3, 0.4) is 0 Å². The van der Waals surface area contributed by atoms with Gasteiger partial charge in [-0.1, -0.05) is 309 Å². The zero-order chi connectivity index (χ0) is 47.9. The molecule has 3 N–H and O–H groups in total. The SMILES string of the molecule is CCCCCCCCCCCCCCCCC(=O)OCCCCCCCCCCCCCCCCCCCCCCCCCCCCC(=O)NC(CO)C(O)CCCCCCCCCCC. The molecule has 0 aromatic carbocycles. The van der Waals surface area contributed by atoms with Gasteiger partial charge in [-0.25, -0.2) is 0 Å². The highest BCUT2D eigenvalue weighted by atomic mass is 16.5. The third-order valence-corrected chi connectivity index (χ3v) is 14.4. The second-order valence-electron chi connectivity index (χ2n) is 21.1. The fourth-order valence-electron chi connectivity index (χ4n) is 9.76. The maximum Gasteiger partial charge on any atom is 0.305 e. The summed E-state index contributed by atoms with van der Waals surface area (Å²) in [5, 5.41) is 23.1. The Bertz CT molecular complexity index is 944. The van der Waals surface area contributed by atoms with E-state index in [9.17, 15) is 19.8 Å². The summed E-state index contributed by atoms with van der Waals surface area (Å²) in [6, 6.07) is -0.536. The molecule has 394 valence electrons. The molecule has 0 aliphatic carbocycles. The molecule has 0 aliphatic heterocycles. The van der Waals surface area contributed by atoms with Gasteiger partial charge in [-0.3, -0.25) is 9.59 Å². The van der Waals surface area contributed by atoms with E-state index in [-0.39, 0.29) is 18.5 Å². The predicted molar refractivity (Wildman–Crippen MR) is 287 cm³/mol. The molecule has 0 aromatic rings. The number of aliphatic hydroxyl groups is 2. The van der Waals surface area contributed by atoms with Crippen LogP contribution < -0.4 is 5.32 Å². The Hall–Kier alpha value is -1.14.